The Morgan fingerprint density at radius 2 is 2.05 bits per heavy atom. The molecule has 0 saturated heterocycles. The van der Waals surface area contributed by atoms with Crippen molar-refractivity contribution < 1.29 is 0 Å². The Kier molecular flexibility index (Phi) is 5.48. The molecule has 1 aromatic rings. The standard InChI is InChI=1S/C17H23BrN2/c1-13(2)9-10-20(16-5-3-4-6-16)17-8-7-15(18)11-14(17)12-19/h7-8,11,13,16H,3-6,9-10H2,1-2H3. The molecule has 0 amide bonds. The van der Waals surface area contributed by atoms with Crippen molar-refractivity contribution in [2.24, 2.45) is 5.92 Å². The summed E-state index contributed by atoms with van der Waals surface area (Å²) >= 11 is 3.46. The van der Waals surface area contributed by atoms with Crippen molar-refractivity contribution in [1.29, 1.82) is 5.26 Å². The van der Waals surface area contributed by atoms with Gasteiger partial charge in [-0.2, -0.15) is 5.26 Å². The largest absolute Gasteiger partial charge is 0.367 e. The summed E-state index contributed by atoms with van der Waals surface area (Å²) in [5, 5.41) is 9.41. The molecule has 0 heterocycles. The number of halogens is 1. The zero-order valence-corrected chi connectivity index (χ0v) is 14.0. The number of hydrogen-bond donors (Lipinski definition) is 0. The minimum absolute atomic E-state index is 0.613. The Hall–Kier alpha value is -1.01. The third-order valence-corrected chi connectivity index (χ3v) is 4.59. The second-order valence-electron chi connectivity index (χ2n) is 6.09. The third-order valence-electron chi connectivity index (χ3n) is 4.10. The molecular formula is C17H23BrN2. The summed E-state index contributed by atoms with van der Waals surface area (Å²) in [6.07, 6.45) is 6.35. The van der Waals surface area contributed by atoms with Gasteiger partial charge in [0.1, 0.15) is 6.07 Å². The van der Waals surface area contributed by atoms with Gasteiger partial charge in [-0.05, 0) is 43.4 Å². The molecule has 1 fully saturated rings. The maximum atomic E-state index is 9.41. The first-order chi connectivity index (χ1) is 9.61. The number of nitriles is 1. The van der Waals surface area contributed by atoms with Gasteiger partial charge in [0, 0.05) is 17.1 Å². The summed E-state index contributed by atoms with van der Waals surface area (Å²) in [7, 11) is 0. The van der Waals surface area contributed by atoms with E-state index >= 15 is 0 Å². The Labute approximate surface area is 130 Å². The SMILES string of the molecule is CC(C)CCN(c1ccc(Br)cc1C#N)C1CCCC1. The predicted molar refractivity (Wildman–Crippen MR) is 87.9 cm³/mol. The molecule has 0 radical (unpaired) electrons. The van der Waals surface area contributed by atoms with Gasteiger partial charge >= 0.3 is 0 Å². The Morgan fingerprint density at radius 3 is 2.65 bits per heavy atom. The lowest BCUT2D eigenvalue weighted by molar-refractivity contribution is 0.528. The predicted octanol–water partition coefficient (Wildman–Crippen LogP) is 5.12. The van der Waals surface area contributed by atoms with Gasteiger partial charge in [-0.1, -0.05) is 42.6 Å². The number of rotatable bonds is 5. The molecule has 1 aliphatic carbocycles. The molecule has 2 nitrogen and oxygen atoms in total. The van der Waals surface area contributed by atoms with Crippen LogP contribution in [0.1, 0.15) is 51.5 Å². The van der Waals surface area contributed by atoms with Crippen LogP contribution in [0.25, 0.3) is 0 Å². The van der Waals surface area contributed by atoms with E-state index < -0.39 is 0 Å². The first kappa shape index (κ1) is 15.4. The van der Waals surface area contributed by atoms with Crippen LogP contribution in [-0.2, 0) is 0 Å². The van der Waals surface area contributed by atoms with Gasteiger partial charge in [-0.3, -0.25) is 0 Å². The zero-order chi connectivity index (χ0) is 14.5. The number of anilines is 1. The van der Waals surface area contributed by atoms with E-state index in [0.717, 1.165) is 22.3 Å². The van der Waals surface area contributed by atoms with Gasteiger partial charge in [0.2, 0.25) is 0 Å². The van der Waals surface area contributed by atoms with Crippen LogP contribution in [0.15, 0.2) is 22.7 Å². The van der Waals surface area contributed by atoms with Gasteiger partial charge in [0.15, 0.2) is 0 Å². The van der Waals surface area contributed by atoms with E-state index in [4.69, 9.17) is 0 Å². The minimum Gasteiger partial charge on any atom is -0.367 e. The first-order valence-corrected chi connectivity index (χ1v) is 8.37. The van der Waals surface area contributed by atoms with E-state index in [1.165, 1.54) is 32.1 Å². The van der Waals surface area contributed by atoms with E-state index in [1.807, 2.05) is 12.1 Å². The molecule has 0 aliphatic heterocycles. The summed E-state index contributed by atoms with van der Waals surface area (Å²) < 4.78 is 0.980. The fraction of sp³-hybridized carbons (Fsp3) is 0.588. The van der Waals surface area contributed by atoms with Crippen molar-refractivity contribution in [3.05, 3.63) is 28.2 Å². The van der Waals surface area contributed by atoms with Crippen molar-refractivity contribution in [3.8, 4) is 6.07 Å². The van der Waals surface area contributed by atoms with Gasteiger partial charge in [-0.15, -0.1) is 0 Å². The summed E-state index contributed by atoms with van der Waals surface area (Å²) in [5.41, 5.74) is 1.90. The molecule has 20 heavy (non-hydrogen) atoms. The smallest absolute Gasteiger partial charge is 0.101 e. The van der Waals surface area contributed by atoms with Crippen LogP contribution in [0.3, 0.4) is 0 Å². The average Bonchev–Trinajstić information content (AvgIpc) is 2.94. The van der Waals surface area contributed by atoms with Crippen LogP contribution in [0.5, 0.6) is 0 Å². The van der Waals surface area contributed by atoms with Crippen LogP contribution < -0.4 is 4.90 Å². The maximum Gasteiger partial charge on any atom is 0.101 e. The highest BCUT2D eigenvalue weighted by molar-refractivity contribution is 9.10. The van der Waals surface area contributed by atoms with Crippen LogP contribution in [0, 0.1) is 17.2 Å². The molecule has 1 aromatic carbocycles. The fourth-order valence-electron chi connectivity index (χ4n) is 2.96. The summed E-state index contributed by atoms with van der Waals surface area (Å²) in [6, 6.07) is 9.05. The summed E-state index contributed by atoms with van der Waals surface area (Å²) in [5.74, 6) is 0.694. The van der Waals surface area contributed by atoms with E-state index in [9.17, 15) is 5.26 Å². The normalized spacial score (nSPS) is 15.6. The van der Waals surface area contributed by atoms with Crippen molar-refractivity contribution in [3.63, 3.8) is 0 Å². The lowest BCUT2D eigenvalue weighted by atomic mass is 10.1. The molecule has 0 N–H and O–H groups in total. The maximum absolute atomic E-state index is 9.41. The van der Waals surface area contributed by atoms with Crippen LogP contribution in [0.4, 0.5) is 5.69 Å². The Morgan fingerprint density at radius 1 is 1.35 bits per heavy atom. The molecule has 2 rings (SSSR count). The highest BCUT2D eigenvalue weighted by atomic mass is 79.9. The molecule has 0 spiro atoms. The van der Waals surface area contributed by atoms with Crippen LogP contribution in [0.2, 0.25) is 0 Å². The highest BCUT2D eigenvalue weighted by Gasteiger charge is 2.24. The number of nitrogens with zero attached hydrogens (tertiary/aromatic N) is 2. The quantitative estimate of drug-likeness (QED) is 0.747. The van der Waals surface area contributed by atoms with E-state index in [1.54, 1.807) is 0 Å². The number of benzene rings is 1. The lowest BCUT2D eigenvalue weighted by Crippen LogP contribution is -2.35. The molecule has 3 heteroatoms. The number of hydrogen-bond acceptors (Lipinski definition) is 2. The van der Waals surface area contributed by atoms with Gasteiger partial charge in [0.25, 0.3) is 0 Å². The lowest BCUT2D eigenvalue weighted by Gasteiger charge is -2.32. The van der Waals surface area contributed by atoms with Crippen LogP contribution in [-0.4, -0.2) is 12.6 Å². The van der Waals surface area contributed by atoms with E-state index in [-0.39, 0.29) is 0 Å². The van der Waals surface area contributed by atoms with Gasteiger partial charge < -0.3 is 4.90 Å². The molecule has 1 aliphatic rings. The topological polar surface area (TPSA) is 27.0 Å². The monoisotopic (exact) mass is 334 g/mol. The first-order valence-electron chi connectivity index (χ1n) is 7.58. The Balaban J connectivity index is 2.27. The molecule has 108 valence electrons. The van der Waals surface area contributed by atoms with Crippen molar-refractivity contribution in [2.45, 2.75) is 52.0 Å². The molecule has 0 atom stereocenters. The van der Waals surface area contributed by atoms with Crippen molar-refractivity contribution in [1.82, 2.24) is 0 Å². The average molecular weight is 335 g/mol. The van der Waals surface area contributed by atoms with Gasteiger partial charge in [0.05, 0.1) is 11.3 Å². The minimum atomic E-state index is 0.613. The fourth-order valence-corrected chi connectivity index (χ4v) is 3.32. The molecular weight excluding hydrogens is 312 g/mol. The highest BCUT2D eigenvalue weighted by Crippen LogP contribution is 2.32. The molecule has 0 bridgehead atoms. The Bertz CT molecular complexity index is 484. The van der Waals surface area contributed by atoms with E-state index in [2.05, 4.69) is 46.8 Å². The zero-order valence-electron chi connectivity index (χ0n) is 12.4. The summed E-state index contributed by atoms with van der Waals surface area (Å²) in [6.45, 7) is 5.58. The third kappa shape index (κ3) is 3.76. The molecule has 0 unspecified atom stereocenters. The molecule has 0 aromatic heterocycles. The van der Waals surface area contributed by atoms with Gasteiger partial charge in [-0.25, -0.2) is 0 Å². The second-order valence-corrected chi connectivity index (χ2v) is 7.00. The van der Waals surface area contributed by atoms with Crippen molar-refractivity contribution in [2.75, 3.05) is 11.4 Å². The van der Waals surface area contributed by atoms with Crippen LogP contribution >= 0.6 is 15.9 Å². The van der Waals surface area contributed by atoms with Crippen molar-refractivity contribution >= 4 is 21.6 Å². The second kappa shape index (κ2) is 7.13. The summed E-state index contributed by atoms with van der Waals surface area (Å²) in [4.78, 5) is 2.48. The van der Waals surface area contributed by atoms with E-state index in [0.29, 0.717) is 12.0 Å². The molecule has 1 saturated carbocycles.